The molecule has 1 atom stereocenters. The van der Waals surface area contributed by atoms with Gasteiger partial charge in [0.05, 0.1) is 0 Å². The molecule has 0 saturated carbocycles. The highest BCUT2D eigenvalue weighted by Gasteiger charge is 2.11. The van der Waals surface area contributed by atoms with Crippen LogP contribution in [-0.4, -0.2) is 38.7 Å². The van der Waals surface area contributed by atoms with E-state index in [1.807, 2.05) is 0 Å². The van der Waals surface area contributed by atoms with Gasteiger partial charge in [0.15, 0.2) is 0 Å². The van der Waals surface area contributed by atoms with Crippen molar-refractivity contribution in [3.05, 3.63) is 29.3 Å². The lowest BCUT2D eigenvalue weighted by atomic mass is 10.0. The van der Waals surface area contributed by atoms with Crippen molar-refractivity contribution in [3.63, 3.8) is 0 Å². The van der Waals surface area contributed by atoms with Crippen LogP contribution in [0.1, 0.15) is 37.4 Å². The number of likely N-dealkylation sites (N-methyl/N-ethyl adjacent to an activating group) is 1. The predicted molar refractivity (Wildman–Crippen MR) is 81.9 cm³/mol. The Bertz CT molecular complexity index is 377. The molecule has 0 amide bonds. The monoisotopic (exact) mass is 264 g/mol. The number of hydrogen-bond acceptors (Lipinski definition) is 3. The molecule has 0 aromatic heterocycles. The number of aryl methyl sites for hydroxylation is 1. The standard InChI is InChI=1S/C16H28N2O/c1-6-9-17-14(3)15-8-7-13(2)12-16(15)19-11-10-18(4)5/h7-8,12,14,17H,6,9-11H2,1-5H3. The van der Waals surface area contributed by atoms with Crippen LogP contribution in [0.2, 0.25) is 0 Å². The first-order chi connectivity index (χ1) is 9.04. The number of ether oxygens (including phenoxy) is 1. The van der Waals surface area contributed by atoms with Gasteiger partial charge in [-0.3, -0.25) is 0 Å². The van der Waals surface area contributed by atoms with E-state index in [0.717, 1.165) is 31.9 Å². The van der Waals surface area contributed by atoms with Crippen LogP contribution in [0.3, 0.4) is 0 Å². The molecule has 19 heavy (non-hydrogen) atoms. The molecular weight excluding hydrogens is 236 g/mol. The third kappa shape index (κ3) is 5.62. The molecule has 0 heterocycles. The number of nitrogens with zero attached hydrogens (tertiary/aromatic N) is 1. The zero-order valence-corrected chi connectivity index (χ0v) is 13.0. The fraction of sp³-hybridized carbons (Fsp3) is 0.625. The number of nitrogens with one attached hydrogen (secondary N) is 1. The van der Waals surface area contributed by atoms with Crippen LogP contribution in [0.5, 0.6) is 5.75 Å². The fourth-order valence-corrected chi connectivity index (χ4v) is 1.93. The van der Waals surface area contributed by atoms with Gasteiger partial charge in [0.1, 0.15) is 12.4 Å². The van der Waals surface area contributed by atoms with E-state index in [1.165, 1.54) is 11.1 Å². The Labute approximate surface area is 118 Å². The molecule has 1 unspecified atom stereocenters. The summed E-state index contributed by atoms with van der Waals surface area (Å²) in [5.41, 5.74) is 2.49. The maximum atomic E-state index is 5.95. The molecule has 0 aliphatic rings. The summed E-state index contributed by atoms with van der Waals surface area (Å²) in [4.78, 5) is 2.13. The van der Waals surface area contributed by atoms with E-state index in [2.05, 4.69) is 63.3 Å². The average Bonchev–Trinajstić information content (AvgIpc) is 2.35. The minimum atomic E-state index is 0.329. The highest BCUT2D eigenvalue weighted by atomic mass is 16.5. The summed E-state index contributed by atoms with van der Waals surface area (Å²) in [6.45, 7) is 9.18. The van der Waals surface area contributed by atoms with Crippen molar-refractivity contribution >= 4 is 0 Å². The van der Waals surface area contributed by atoms with Crippen molar-refractivity contribution in [2.75, 3.05) is 33.8 Å². The minimum absolute atomic E-state index is 0.329. The smallest absolute Gasteiger partial charge is 0.124 e. The first-order valence-corrected chi connectivity index (χ1v) is 7.16. The van der Waals surface area contributed by atoms with Crippen LogP contribution in [0.25, 0.3) is 0 Å². The predicted octanol–water partition coefficient (Wildman–Crippen LogP) is 3.00. The highest BCUT2D eigenvalue weighted by Crippen LogP contribution is 2.26. The van der Waals surface area contributed by atoms with Gasteiger partial charge in [-0.2, -0.15) is 0 Å². The normalized spacial score (nSPS) is 12.7. The molecule has 1 aromatic rings. The average molecular weight is 264 g/mol. The zero-order chi connectivity index (χ0) is 14.3. The highest BCUT2D eigenvalue weighted by molar-refractivity contribution is 5.39. The van der Waals surface area contributed by atoms with Crippen LogP contribution in [0.15, 0.2) is 18.2 Å². The van der Waals surface area contributed by atoms with Gasteiger partial charge >= 0.3 is 0 Å². The lowest BCUT2D eigenvalue weighted by Crippen LogP contribution is -2.22. The third-order valence-electron chi connectivity index (χ3n) is 3.13. The molecular formula is C16H28N2O. The molecule has 0 bridgehead atoms. The van der Waals surface area contributed by atoms with Gasteiger partial charge in [0.2, 0.25) is 0 Å². The van der Waals surface area contributed by atoms with Crippen molar-refractivity contribution in [1.82, 2.24) is 10.2 Å². The third-order valence-corrected chi connectivity index (χ3v) is 3.13. The van der Waals surface area contributed by atoms with E-state index in [1.54, 1.807) is 0 Å². The van der Waals surface area contributed by atoms with Crippen LogP contribution in [0, 0.1) is 6.92 Å². The second kappa shape index (κ2) is 8.18. The van der Waals surface area contributed by atoms with Crippen molar-refractivity contribution in [3.8, 4) is 5.75 Å². The van der Waals surface area contributed by atoms with Gasteiger partial charge in [0, 0.05) is 18.2 Å². The van der Waals surface area contributed by atoms with Gasteiger partial charge in [-0.1, -0.05) is 19.1 Å². The van der Waals surface area contributed by atoms with E-state index in [0.29, 0.717) is 6.04 Å². The summed E-state index contributed by atoms with van der Waals surface area (Å²) in [6.07, 6.45) is 1.15. The maximum absolute atomic E-state index is 5.95. The Hall–Kier alpha value is -1.06. The van der Waals surface area contributed by atoms with Crippen LogP contribution in [0.4, 0.5) is 0 Å². The Morgan fingerprint density at radius 3 is 2.68 bits per heavy atom. The number of hydrogen-bond donors (Lipinski definition) is 1. The molecule has 1 N–H and O–H groups in total. The Balaban J connectivity index is 2.73. The van der Waals surface area contributed by atoms with E-state index in [4.69, 9.17) is 4.74 Å². The van der Waals surface area contributed by atoms with E-state index in [9.17, 15) is 0 Å². The summed E-state index contributed by atoms with van der Waals surface area (Å²) < 4.78 is 5.95. The Morgan fingerprint density at radius 1 is 1.32 bits per heavy atom. The summed E-state index contributed by atoms with van der Waals surface area (Å²) in [5.74, 6) is 1.01. The summed E-state index contributed by atoms with van der Waals surface area (Å²) in [7, 11) is 4.12. The maximum Gasteiger partial charge on any atom is 0.124 e. The first-order valence-electron chi connectivity index (χ1n) is 7.16. The minimum Gasteiger partial charge on any atom is -0.492 e. The molecule has 0 spiro atoms. The van der Waals surface area contributed by atoms with Gasteiger partial charge in [0.25, 0.3) is 0 Å². The zero-order valence-electron chi connectivity index (χ0n) is 13.0. The molecule has 108 valence electrons. The molecule has 3 heteroatoms. The van der Waals surface area contributed by atoms with Gasteiger partial charge in [-0.25, -0.2) is 0 Å². The lowest BCUT2D eigenvalue weighted by molar-refractivity contribution is 0.258. The summed E-state index contributed by atoms with van der Waals surface area (Å²) >= 11 is 0. The van der Waals surface area contributed by atoms with Gasteiger partial charge in [-0.05, 0) is 52.5 Å². The second-order valence-corrected chi connectivity index (χ2v) is 5.37. The quantitative estimate of drug-likeness (QED) is 0.781. The first kappa shape index (κ1) is 16.0. The SMILES string of the molecule is CCCNC(C)c1ccc(C)cc1OCCN(C)C. The van der Waals surface area contributed by atoms with Crippen LogP contribution in [-0.2, 0) is 0 Å². The van der Waals surface area contributed by atoms with E-state index >= 15 is 0 Å². The topological polar surface area (TPSA) is 24.5 Å². The fourth-order valence-electron chi connectivity index (χ4n) is 1.93. The molecule has 0 fully saturated rings. The van der Waals surface area contributed by atoms with Crippen molar-refractivity contribution in [2.45, 2.75) is 33.2 Å². The Morgan fingerprint density at radius 2 is 2.05 bits per heavy atom. The largest absolute Gasteiger partial charge is 0.492 e. The molecule has 0 aliphatic carbocycles. The lowest BCUT2D eigenvalue weighted by Gasteiger charge is -2.19. The van der Waals surface area contributed by atoms with Gasteiger partial charge < -0.3 is 15.0 Å². The summed E-state index contributed by atoms with van der Waals surface area (Å²) in [6, 6.07) is 6.79. The molecule has 3 nitrogen and oxygen atoms in total. The van der Waals surface area contributed by atoms with Crippen LogP contribution >= 0.6 is 0 Å². The van der Waals surface area contributed by atoms with Gasteiger partial charge in [-0.15, -0.1) is 0 Å². The Kier molecular flexibility index (Phi) is 6.89. The molecule has 0 radical (unpaired) electrons. The molecule has 0 aliphatic heterocycles. The van der Waals surface area contributed by atoms with Crippen molar-refractivity contribution in [1.29, 1.82) is 0 Å². The number of benzene rings is 1. The van der Waals surface area contributed by atoms with Crippen molar-refractivity contribution < 1.29 is 4.74 Å². The molecule has 0 saturated heterocycles. The van der Waals surface area contributed by atoms with Crippen LogP contribution < -0.4 is 10.1 Å². The second-order valence-electron chi connectivity index (χ2n) is 5.37. The molecule has 1 aromatic carbocycles. The molecule has 1 rings (SSSR count). The van der Waals surface area contributed by atoms with E-state index < -0.39 is 0 Å². The summed E-state index contributed by atoms with van der Waals surface area (Å²) in [5, 5.41) is 3.52. The van der Waals surface area contributed by atoms with E-state index in [-0.39, 0.29) is 0 Å². The number of rotatable bonds is 8. The van der Waals surface area contributed by atoms with Crippen molar-refractivity contribution in [2.24, 2.45) is 0 Å².